The van der Waals surface area contributed by atoms with Crippen LogP contribution in [-0.4, -0.2) is 42.6 Å². The smallest absolute Gasteiger partial charge is 0.343 e. The number of rotatable bonds is 4. The van der Waals surface area contributed by atoms with E-state index in [1.54, 1.807) is 0 Å². The summed E-state index contributed by atoms with van der Waals surface area (Å²) in [5.41, 5.74) is 1.06. The van der Waals surface area contributed by atoms with Crippen LogP contribution in [-0.2, 0) is 20.7 Å². The largest absolute Gasteiger partial charge is 0.466 e. The summed E-state index contributed by atoms with van der Waals surface area (Å²) in [5, 5.41) is 3.04. The number of nitrogens with zero attached hydrogens (tertiary/aromatic N) is 1. The van der Waals surface area contributed by atoms with Crippen LogP contribution < -0.4 is 5.32 Å². The molecule has 5 nitrogen and oxygen atoms in total. The lowest BCUT2D eigenvalue weighted by Gasteiger charge is -2.19. The molecule has 1 unspecified atom stereocenters. The Labute approximate surface area is 112 Å². The number of carbonyl (C=O) groups is 2. The van der Waals surface area contributed by atoms with Gasteiger partial charge >= 0.3 is 5.97 Å². The highest BCUT2D eigenvalue weighted by Gasteiger charge is 2.42. The maximum atomic E-state index is 12.2. The second-order valence-electron chi connectivity index (χ2n) is 4.46. The van der Waals surface area contributed by atoms with Crippen molar-refractivity contribution in [3.63, 3.8) is 0 Å². The van der Waals surface area contributed by atoms with Crippen molar-refractivity contribution in [1.29, 1.82) is 0 Å². The highest BCUT2D eigenvalue weighted by Crippen LogP contribution is 2.15. The Bertz CT molecular complexity index is 461. The summed E-state index contributed by atoms with van der Waals surface area (Å²) in [4.78, 5) is 25.4. The van der Waals surface area contributed by atoms with Gasteiger partial charge in [0, 0.05) is 6.54 Å². The van der Waals surface area contributed by atoms with E-state index in [4.69, 9.17) is 4.74 Å². The van der Waals surface area contributed by atoms with Gasteiger partial charge in [-0.2, -0.15) is 0 Å². The molecule has 5 heteroatoms. The van der Waals surface area contributed by atoms with Gasteiger partial charge in [-0.15, -0.1) is 0 Å². The summed E-state index contributed by atoms with van der Waals surface area (Å²) < 4.78 is 4.72. The van der Waals surface area contributed by atoms with Crippen molar-refractivity contribution in [3.8, 4) is 0 Å². The van der Waals surface area contributed by atoms with Crippen LogP contribution in [0.25, 0.3) is 0 Å². The second-order valence-corrected chi connectivity index (χ2v) is 4.46. The lowest BCUT2D eigenvalue weighted by atomic mass is 10.1. The Morgan fingerprint density at radius 2 is 2.05 bits per heavy atom. The normalized spacial score (nSPS) is 22.6. The molecule has 1 heterocycles. The minimum absolute atomic E-state index is 0.0539. The summed E-state index contributed by atoms with van der Waals surface area (Å²) in [6.07, 6.45) is -0.0971. The Kier molecular flexibility index (Phi) is 4.16. The van der Waals surface area contributed by atoms with Gasteiger partial charge in [0.2, 0.25) is 5.91 Å². The average Bonchev–Trinajstić information content (AvgIpc) is 2.76. The zero-order chi connectivity index (χ0) is 13.8. The number of amides is 1. The minimum atomic E-state index is -0.670. The molecule has 1 aromatic carbocycles. The van der Waals surface area contributed by atoms with Crippen molar-refractivity contribution >= 4 is 11.9 Å². The van der Waals surface area contributed by atoms with Crippen molar-refractivity contribution in [2.45, 2.75) is 25.6 Å². The monoisotopic (exact) mass is 262 g/mol. The molecule has 0 aromatic heterocycles. The molecule has 2 rings (SSSR count). The summed E-state index contributed by atoms with van der Waals surface area (Å²) >= 11 is 0. The van der Waals surface area contributed by atoms with Gasteiger partial charge < -0.3 is 9.64 Å². The van der Waals surface area contributed by atoms with Gasteiger partial charge in [0.05, 0.1) is 13.2 Å². The number of ether oxygens (including phenoxy) is 1. The highest BCUT2D eigenvalue weighted by molar-refractivity contribution is 5.91. The van der Waals surface area contributed by atoms with Crippen LogP contribution in [0.4, 0.5) is 0 Å². The van der Waals surface area contributed by atoms with E-state index in [2.05, 4.69) is 5.32 Å². The zero-order valence-corrected chi connectivity index (χ0v) is 11.1. The van der Waals surface area contributed by atoms with E-state index in [1.165, 1.54) is 12.0 Å². The molecular weight excluding hydrogens is 244 g/mol. The van der Waals surface area contributed by atoms with Crippen LogP contribution in [0.2, 0.25) is 0 Å². The Morgan fingerprint density at radius 1 is 1.37 bits per heavy atom. The Hall–Kier alpha value is -1.88. The van der Waals surface area contributed by atoms with E-state index >= 15 is 0 Å². The summed E-state index contributed by atoms with van der Waals surface area (Å²) in [6, 6.07) is 9.37. The molecule has 1 aromatic rings. The fraction of sp³-hybridized carbons (Fsp3) is 0.429. The van der Waals surface area contributed by atoms with Crippen LogP contribution in [0.1, 0.15) is 12.5 Å². The molecule has 1 saturated heterocycles. The third kappa shape index (κ3) is 2.76. The van der Waals surface area contributed by atoms with Gasteiger partial charge in [-0.1, -0.05) is 30.3 Å². The van der Waals surface area contributed by atoms with Gasteiger partial charge in [-0.25, -0.2) is 4.79 Å². The van der Waals surface area contributed by atoms with Crippen LogP contribution in [0.15, 0.2) is 30.3 Å². The van der Waals surface area contributed by atoms with Gasteiger partial charge in [-0.3, -0.25) is 10.1 Å². The number of carbonyl (C=O) groups excluding carboxylic acids is 2. The lowest BCUT2D eigenvalue weighted by Crippen LogP contribution is -2.44. The highest BCUT2D eigenvalue weighted by atomic mass is 16.5. The van der Waals surface area contributed by atoms with E-state index in [0.717, 1.165) is 5.56 Å². The fourth-order valence-electron chi connectivity index (χ4n) is 2.32. The predicted molar refractivity (Wildman–Crippen MR) is 70.3 cm³/mol. The number of methoxy groups -OCH3 is 1. The van der Waals surface area contributed by atoms with E-state index in [9.17, 15) is 9.59 Å². The summed E-state index contributed by atoms with van der Waals surface area (Å²) in [5.74, 6) is -0.479. The topological polar surface area (TPSA) is 58.6 Å². The molecule has 1 aliphatic heterocycles. The average molecular weight is 262 g/mol. The number of likely N-dealkylation sites (N-methyl/N-ethyl adjacent to an activating group) is 1. The van der Waals surface area contributed by atoms with Gasteiger partial charge in [-0.05, 0) is 18.9 Å². The molecule has 0 saturated carbocycles. The molecular formula is C14H18N2O3. The summed E-state index contributed by atoms with van der Waals surface area (Å²) in [7, 11) is 1.33. The minimum Gasteiger partial charge on any atom is -0.466 e. The van der Waals surface area contributed by atoms with Crippen molar-refractivity contribution in [2.75, 3.05) is 13.7 Å². The molecule has 0 bridgehead atoms. The molecule has 1 aliphatic rings. The number of nitrogens with one attached hydrogen (secondary N) is 1. The number of esters is 1. The lowest BCUT2D eigenvalue weighted by molar-refractivity contribution is -0.149. The zero-order valence-electron chi connectivity index (χ0n) is 11.1. The number of hydrogen-bond acceptors (Lipinski definition) is 4. The number of benzene rings is 1. The second kappa shape index (κ2) is 5.84. The first-order chi connectivity index (χ1) is 9.17. The van der Waals surface area contributed by atoms with E-state index in [0.29, 0.717) is 13.0 Å². The quantitative estimate of drug-likeness (QED) is 0.805. The first-order valence-electron chi connectivity index (χ1n) is 6.35. The maximum Gasteiger partial charge on any atom is 0.343 e. The van der Waals surface area contributed by atoms with Gasteiger partial charge in [0.25, 0.3) is 0 Å². The molecule has 0 aliphatic carbocycles. The third-order valence-electron chi connectivity index (χ3n) is 3.30. The maximum absolute atomic E-state index is 12.2. The standard InChI is InChI=1S/C14H18N2O3/c1-3-16-12(14(18)19-2)15-11(13(16)17)9-10-7-5-4-6-8-10/h4-8,11-12,15H,3,9H2,1-2H3/t11-,12?/m1/s1. The van der Waals surface area contributed by atoms with Crippen molar-refractivity contribution < 1.29 is 14.3 Å². The molecule has 2 atom stereocenters. The van der Waals surface area contributed by atoms with E-state index in [-0.39, 0.29) is 11.9 Å². The van der Waals surface area contributed by atoms with E-state index < -0.39 is 12.1 Å². The molecule has 0 radical (unpaired) electrons. The van der Waals surface area contributed by atoms with Crippen molar-refractivity contribution in [1.82, 2.24) is 10.2 Å². The van der Waals surface area contributed by atoms with Crippen LogP contribution in [0.5, 0.6) is 0 Å². The molecule has 19 heavy (non-hydrogen) atoms. The van der Waals surface area contributed by atoms with Gasteiger partial charge in [0.15, 0.2) is 6.17 Å². The predicted octanol–water partition coefficient (Wildman–Crippen LogP) is 0.548. The van der Waals surface area contributed by atoms with Crippen molar-refractivity contribution in [2.24, 2.45) is 0 Å². The Balaban J connectivity index is 2.11. The van der Waals surface area contributed by atoms with Crippen molar-refractivity contribution in [3.05, 3.63) is 35.9 Å². The van der Waals surface area contributed by atoms with E-state index in [1.807, 2.05) is 37.3 Å². The van der Waals surface area contributed by atoms with Crippen LogP contribution in [0.3, 0.4) is 0 Å². The fourth-order valence-corrected chi connectivity index (χ4v) is 2.32. The van der Waals surface area contributed by atoms with Crippen LogP contribution >= 0.6 is 0 Å². The molecule has 1 amide bonds. The first kappa shape index (κ1) is 13.5. The number of hydrogen-bond donors (Lipinski definition) is 1. The molecule has 1 N–H and O–H groups in total. The first-order valence-corrected chi connectivity index (χ1v) is 6.35. The molecule has 102 valence electrons. The third-order valence-corrected chi connectivity index (χ3v) is 3.30. The summed E-state index contributed by atoms with van der Waals surface area (Å²) in [6.45, 7) is 2.33. The Morgan fingerprint density at radius 3 is 2.63 bits per heavy atom. The molecule has 1 fully saturated rings. The van der Waals surface area contributed by atoms with Crippen LogP contribution in [0, 0.1) is 0 Å². The SMILES string of the molecule is CCN1C(=O)[C@@H](Cc2ccccc2)NC1C(=O)OC. The molecule has 0 spiro atoms. The van der Waals surface area contributed by atoms with Gasteiger partial charge in [0.1, 0.15) is 0 Å².